The molecule has 1 aromatic rings. The van der Waals surface area contributed by atoms with E-state index in [1.54, 1.807) is 0 Å². The first-order chi connectivity index (χ1) is 7.86. The highest BCUT2D eigenvalue weighted by Crippen LogP contribution is 2.45. The Balaban J connectivity index is 1.67. The minimum Gasteiger partial charge on any atom is -0.314 e. The predicted molar refractivity (Wildman–Crippen MR) is 66.6 cm³/mol. The van der Waals surface area contributed by atoms with Crippen LogP contribution in [0.4, 0.5) is 0 Å². The van der Waals surface area contributed by atoms with E-state index in [1.165, 1.54) is 18.5 Å². The quantitative estimate of drug-likeness (QED) is 0.811. The summed E-state index contributed by atoms with van der Waals surface area (Å²) in [4.78, 5) is 2.69. The Morgan fingerprint density at radius 2 is 2.06 bits per heavy atom. The third-order valence-electron chi connectivity index (χ3n) is 3.96. The van der Waals surface area contributed by atoms with Crippen molar-refractivity contribution >= 4 is 0 Å². The lowest BCUT2D eigenvalue weighted by atomic mass is 10.1. The lowest BCUT2D eigenvalue weighted by Gasteiger charge is -2.34. The maximum atomic E-state index is 3.46. The number of nitrogens with one attached hydrogen (secondary N) is 1. The van der Waals surface area contributed by atoms with Crippen molar-refractivity contribution in [2.75, 3.05) is 19.6 Å². The van der Waals surface area contributed by atoms with Crippen LogP contribution >= 0.6 is 0 Å². The molecular formula is C14H20N2. The van der Waals surface area contributed by atoms with Gasteiger partial charge in [-0.25, -0.2) is 0 Å². The number of nitrogens with zero attached hydrogens (tertiary/aromatic N) is 1. The van der Waals surface area contributed by atoms with Gasteiger partial charge in [-0.05, 0) is 18.9 Å². The molecule has 1 aliphatic carbocycles. The number of hydrogen-bond acceptors (Lipinski definition) is 2. The van der Waals surface area contributed by atoms with Gasteiger partial charge in [-0.2, -0.15) is 0 Å². The van der Waals surface area contributed by atoms with E-state index in [1.807, 2.05) is 0 Å². The third kappa shape index (κ3) is 1.87. The van der Waals surface area contributed by atoms with E-state index in [9.17, 15) is 0 Å². The molecule has 3 unspecified atom stereocenters. The van der Waals surface area contributed by atoms with Gasteiger partial charge in [-0.1, -0.05) is 30.3 Å². The second-order valence-electron chi connectivity index (χ2n) is 5.11. The van der Waals surface area contributed by atoms with Gasteiger partial charge in [0.2, 0.25) is 0 Å². The molecule has 16 heavy (non-hydrogen) atoms. The molecule has 2 nitrogen and oxygen atoms in total. The zero-order chi connectivity index (χ0) is 11.0. The molecule has 1 saturated heterocycles. The summed E-state index contributed by atoms with van der Waals surface area (Å²) in [6.45, 7) is 5.86. The third-order valence-corrected chi connectivity index (χ3v) is 3.96. The number of hydrogen-bond donors (Lipinski definition) is 1. The first kappa shape index (κ1) is 10.3. The van der Waals surface area contributed by atoms with E-state index in [-0.39, 0.29) is 0 Å². The van der Waals surface area contributed by atoms with Gasteiger partial charge in [0.15, 0.2) is 0 Å². The minimum absolute atomic E-state index is 0.701. The highest BCUT2D eigenvalue weighted by molar-refractivity contribution is 5.28. The van der Waals surface area contributed by atoms with Crippen LogP contribution in [0.3, 0.4) is 0 Å². The number of benzene rings is 1. The molecule has 2 fully saturated rings. The molecule has 86 valence electrons. The van der Waals surface area contributed by atoms with Gasteiger partial charge < -0.3 is 5.32 Å². The molecule has 0 spiro atoms. The van der Waals surface area contributed by atoms with Crippen LogP contribution < -0.4 is 5.32 Å². The van der Waals surface area contributed by atoms with Crippen molar-refractivity contribution in [3.05, 3.63) is 35.9 Å². The maximum absolute atomic E-state index is 3.46. The van der Waals surface area contributed by atoms with Gasteiger partial charge in [-0.3, -0.25) is 4.90 Å². The van der Waals surface area contributed by atoms with Gasteiger partial charge >= 0.3 is 0 Å². The van der Waals surface area contributed by atoms with Crippen LogP contribution in [0.25, 0.3) is 0 Å². The first-order valence-electron chi connectivity index (χ1n) is 6.37. The highest BCUT2D eigenvalue weighted by Gasteiger charge is 2.44. The van der Waals surface area contributed by atoms with E-state index in [0.29, 0.717) is 6.04 Å². The molecule has 0 aromatic heterocycles. The van der Waals surface area contributed by atoms with Crippen molar-refractivity contribution < 1.29 is 0 Å². The van der Waals surface area contributed by atoms with Crippen LogP contribution in [0.1, 0.15) is 24.8 Å². The van der Waals surface area contributed by atoms with E-state index in [0.717, 1.165) is 25.0 Å². The second kappa shape index (κ2) is 4.19. The molecular weight excluding hydrogens is 196 g/mol. The van der Waals surface area contributed by atoms with Crippen LogP contribution in [0.2, 0.25) is 0 Å². The fourth-order valence-electron chi connectivity index (χ4n) is 2.96. The molecule has 0 radical (unpaired) electrons. The van der Waals surface area contributed by atoms with Gasteiger partial charge in [-0.15, -0.1) is 0 Å². The molecule has 0 bridgehead atoms. The average Bonchev–Trinajstić information content (AvgIpc) is 3.11. The summed E-state index contributed by atoms with van der Waals surface area (Å²) in [6.07, 6.45) is 1.36. The Morgan fingerprint density at radius 3 is 2.81 bits per heavy atom. The largest absolute Gasteiger partial charge is 0.314 e. The summed E-state index contributed by atoms with van der Waals surface area (Å²) in [5.74, 6) is 0.793. The molecule has 0 amide bonds. The van der Waals surface area contributed by atoms with Crippen molar-refractivity contribution in [2.45, 2.75) is 31.3 Å². The lowest BCUT2D eigenvalue weighted by Crippen LogP contribution is -2.50. The molecule has 1 heterocycles. The molecule has 1 saturated carbocycles. The fraction of sp³-hybridized carbons (Fsp3) is 0.571. The van der Waals surface area contributed by atoms with Crippen LogP contribution in [0, 0.1) is 0 Å². The van der Waals surface area contributed by atoms with Crippen LogP contribution in [0.15, 0.2) is 30.3 Å². The monoisotopic (exact) mass is 216 g/mol. The summed E-state index contributed by atoms with van der Waals surface area (Å²) < 4.78 is 0. The number of rotatable bonds is 2. The zero-order valence-corrected chi connectivity index (χ0v) is 9.89. The van der Waals surface area contributed by atoms with Crippen LogP contribution in [-0.4, -0.2) is 36.6 Å². The zero-order valence-electron chi connectivity index (χ0n) is 9.89. The van der Waals surface area contributed by atoms with Crippen molar-refractivity contribution in [3.63, 3.8) is 0 Å². The van der Waals surface area contributed by atoms with Crippen molar-refractivity contribution in [3.8, 4) is 0 Å². The normalized spacial score (nSPS) is 34.9. The van der Waals surface area contributed by atoms with Gasteiger partial charge in [0.1, 0.15) is 0 Å². The van der Waals surface area contributed by atoms with Crippen molar-refractivity contribution in [1.29, 1.82) is 0 Å². The average molecular weight is 216 g/mol. The minimum atomic E-state index is 0.701. The molecule has 1 aromatic carbocycles. The predicted octanol–water partition coefficient (Wildman–Crippen LogP) is 1.84. The Morgan fingerprint density at radius 1 is 1.25 bits per heavy atom. The summed E-state index contributed by atoms with van der Waals surface area (Å²) >= 11 is 0. The second-order valence-corrected chi connectivity index (χ2v) is 5.11. The topological polar surface area (TPSA) is 15.3 Å². The summed E-state index contributed by atoms with van der Waals surface area (Å²) in [6, 6.07) is 12.5. The fourth-order valence-corrected chi connectivity index (χ4v) is 2.96. The molecule has 3 rings (SSSR count). The van der Waals surface area contributed by atoms with Gasteiger partial charge in [0.05, 0.1) is 0 Å². The Bertz CT molecular complexity index is 349. The molecule has 3 atom stereocenters. The Kier molecular flexibility index (Phi) is 2.70. The Hall–Kier alpha value is -0.860. The van der Waals surface area contributed by atoms with Crippen LogP contribution in [0.5, 0.6) is 0 Å². The van der Waals surface area contributed by atoms with E-state index < -0.39 is 0 Å². The van der Waals surface area contributed by atoms with Gasteiger partial charge in [0.25, 0.3) is 0 Å². The van der Waals surface area contributed by atoms with Crippen LogP contribution in [-0.2, 0) is 0 Å². The maximum Gasteiger partial charge on any atom is 0.0196 e. The standard InChI is InChI=1S/C14H20N2/c1-11-10-15-7-8-16(11)14-9-13(14)12-5-3-2-4-6-12/h2-6,11,13-15H,7-10H2,1H3. The highest BCUT2D eigenvalue weighted by atomic mass is 15.3. The Labute approximate surface area is 97.6 Å². The lowest BCUT2D eigenvalue weighted by molar-refractivity contribution is 0.161. The summed E-state index contributed by atoms with van der Waals surface area (Å²) in [5.41, 5.74) is 1.53. The van der Waals surface area contributed by atoms with E-state index in [4.69, 9.17) is 0 Å². The SMILES string of the molecule is CC1CNCCN1C1CC1c1ccccc1. The van der Waals surface area contributed by atoms with Crippen molar-refractivity contribution in [1.82, 2.24) is 10.2 Å². The van der Waals surface area contributed by atoms with Crippen molar-refractivity contribution in [2.24, 2.45) is 0 Å². The molecule has 1 aliphatic heterocycles. The number of piperazine rings is 1. The smallest absolute Gasteiger partial charge is 0.0196 e. The molecule has 2 heteroatoms. The molecule has 1 N–H and O–H groups in total. The first-order valence-corrected chi connectivity index (χ1v) is 6.37. The van der Waals surface area contributed by atoms with E-state index >= 15 is 0 Å². The molecule has 2 aliphatic rings. The summed E-state index contributed by atoms with van der Waals surface area (Å²) in [5, 5.41) is 3.46. The van der Waals surface area contributed by atoms with Gasteiger partial charge in [0, 0.05) is 37.6 Å². The summed E-state index contributed by atoms with van der Waals surface area (Å²) in [7, 11) is 0. The van der Waals surface area contributed by atoms with E-state index in [2.05, 4.69) is 47.5 Å².